The van der Waals surface area contributed by atoms with Crippen molar-refractivity contribution in [3.05, 3.63) is 23.3 Å². The lowest BCUT2D eigenvalue weighted by Crippen LogP contribution is -1.48. The Morgan fingerprint density at radius 3 is 2.86 bits per heavy atom. The normalized spacial score (nSPS) is 7.86. The van der Waals surface area contributed by atoms with E-state index in [4.69, 9.17) is 5.39 Å². The molecule has 1 heterocycles. The number of H-pyrrole nitrogens is 1. The Morgan fingerprint density at radius 1 is 1.71 bits per heavy atom. The molecular weight excluding hydrogens is 90.1 g/mol. The molecule has 3 heteroatoms. The molecule has 0 bridgehead atoms. The summed E-state index contributed by atoms with van der Waals surface area (Å²) in [4.78, 5) is 5.55. The molecule has 1 rings (SSSR count). The highest BCUT2D eigenvalue weighted by Crippen LogP contribution is 2.03. The van der Waals surface area contributed by atoms with E-state index in [1.54, 1.807) is 18.3 Å². The molecule has 1 aromatic heterocycles. The van der Waals surface area contributed by atoms with E-state index in [9.17, 15) is 0 Å². The minimum absolute atomic E-state index is 0.486. The van der Waals surface area contributed by atoms with Crippen LogP contribution in [0.1, 0.15) is 0 Å². The number of nitrogens with one attached hydrogen (secondary N) is 1. The van der Waals surface area contributed by atoms with Gasteiger partial charge in [-0.2, -0.15) is 0 Å². The first-order valence-corrected chi connectivity index (χ1v) is 1.92. The van der Waals surface area contributed by atoms with Gasteiger partial charge in [-0.05, 0) is 6.07 Å². The second kappa shape index (κ2) is 1.43. The Balaban J connectivity index is 3.04. The molecular formula is C4H4N3+. The zero-order valence-electron chi connectivity index (χ0n) is 3.63. The monoisotopic (exact) mass is 94.0 g/mol. The molecule has 7 heavy (non-hydrogen) atoms. The second-order valence-corrected chi connectivity index (χ2v) is 1.16. The third-order valence-electron chi connectivity index (χ3n) is 0.689. The molecule has 0 unspecified atom stereocenters. The van der Waals surface area contributed by atoms with E-state index < -0.39 is 0 Å². The Bertz CT molecular complexity index is 169. The van der Waals surface area contributed by atoms with E-state index in [2.05, 4.69) is 9.96 Å². The molecule has 3 nitrogen and oxygen atoms in total. The lowest BCUT2D eigenvalue weighted by Gasteiger charge is -1.52. The third-order valence-corrected chi connectivity index (χ3v) is 0.689. The maximum atomic E-state index is 8.02. The Kier molecular flexibility index (Phi) is 0.794. The van der Waals surface area contributed by atoms with Gasteiger partial charge in [-0.15, -0.1) is 0 Å². The Hall–Kier alpha value is -1.30. The smallest absolute Gasteiger partial charge is 0.230 e. The van der Waals surface area contributed by atoms with Gasteiger partial charge in [-0.3, -0.25) is 0 Å². The van der Waals surface area contributed by atoms with Crippen LogP contribution in [0.2, 0.25) is 0 Å². The quantitative estimate of drug-likeness (QED) is 0.486. The molecule has 0 atom stereocenters. The van der Waals surface area contributed by atoms with Gasteiger partial charge in [-0.1, -0.05) is 0 Å². The van der Waals surface area contributed by atoms with Crippen molar-refractivity contribution < 1.29 is 0 Å². The van der Waals surface area contributed by atoms with Crippen LogP contribution in [0.5, 0.6) is 0 Å². The van der Waals surface area contributed by atoms with E-state index in [0.29, 0.717) is 5.82 Å². The minimum Gasteiger partial charge on any atom is -0.230 e. The van der Waals surface area contributed by atoms with Crippen LogP contribution in [-0.2, 0) is 0 Å². The van der Waals surface area contributed by atoms with E-state index in [0.717, 1.165) is 0 Å². The van der Waals surface area contributed by atoms with Gasteiger partial charge in [0.15, 0.2) is 0 Å². The van der Waals surface area contributed by atoms with E-state index in [-0.39, 0.29) is 0 Å². The summed E-state index contributed by atoms with van der Waals surface area (Å²) in [6.07, 6.45) is 1.69. The molecule has 1 aromatic rings. The predicted molar refractivity (Wildman–Crippen MR) is 25.5 cm³/mol. The molecule has 0 aliphatic carbocycles. The van der Waals surface area contributed by atoms with Crippen LogP contribution in [0.3, 0.4) is 0 Å². The van der Waals surface area contributed by atoms with Crippen molar-refractivity contribution in [1.82, 2.24) is 4.98 Å². The molecule has 0 saturated heterocycles. The number of hydrogen-bond acceptors (Lipinski definition) is 1. The molecule has 0 saturated carbocycles. The summed E-state index contributed by atoms with van der Waals surface area (Å²) >= 11 is 0. The Labute approximate surface area is 40.6 Å². The molecule has 0 aliphatic rings. The summed E-state index contributed by atoms with van der Waals surface area (Å²) in [5.41, 5.74) is 0. The maximum Gasteiger partial charge on any atom is 0.422 e. The first-order chi connectivity index (χ1) is 3.43. The highest BCUT2D eigenvalue weighted by molar-refractivity contribution is 5.33. The SMILES string of the molecule is N#[N+]c1ccc[nH]1. The van der Waals surface area contributed by atoms with Gasteiger partial charge < -0.3 is 0 Å². The van der Waals surface area contributed by atoms with Gasteiger partial charge in [0, 0.05) is 4.98 Å². The lowest BCUT2D eigenvalue weighted by molar-refractivity contribution is 1.37. The fourth-order valence-electron chi connectivity index (χ4n) is 0.383. The molecule has 0 radical (unpaired) electrons. The summed E-state index contributed by atoms with van der Waals surface area (Å²) in [5.74, 6) is 0.486. The van der Waals surface area contributed by atoms with Crippen molar-refractivity contribution in [3.63, 3.8) is 0 Å². The number of aromatic amines is 1. The van der Waals surface area contributed by atoms with Crippen LogP contribution < -0.4 is 0 Å². The summed E-state index contributed by atoms with van der Waals surface area (Å²) in [5, 5.41) is 8.02. The van der Waals surface area contributed by atoms with Crippen molar-refractivity contribution in [3.8, 4) is 0 Å². The van der Waals surface area contributed by atoms with Crippen molar-refractivity contribution >= 4 is 5.82 Å². The molecule has 0 aromatic carbocycles. The van der Waals surface area contributed by atoms with Crippen molar-refractivity contribution in [2.45, 2.75) is 0 Å². The van der Waals surface area contributed by atoms with Crippen LogP contribution >= 0.6 is 0 Å². The highest BCUT2D eigenvalue weighted by Gasteiger charge is 1.95. The van der Waals surface area contributed by atoms with E-state index >= 15 is 0 Å². The fraction of sp³-hybridized carbons (Fsp3) is 0. The molecule has 0 aliphatic heterocycles. The standard InChI is InChI=1S/C4H4N3/c5-7-4-2-1-3-6-4/h1-3,6H/q+1. The zero-order chi connectivity index (χ0) is 5.11. The summed E-state index contributed by atoms with van der Waals surface area (Å²) in [6, 6.07) is 3.43. The van der Waals surface area contributed by atoms with Crippen LogP contribution in [0.15, 0.2) is 18.3 Å². The van der Waals surface area contributed by atoms with Crippen LogP contribution in [0.25, 0.3) is 4.98 Å². The molecule has 0 fully saturated rings. The second-order valence-electron chi connectivity index (χ2n) is 1.16. The molecule has 1 N–H and O–H groups in total. The largest absolute Gasteiger partial charge is 0.422 e. The van der Waals surface area contributed by atoms with Crippen molar-refractivity contribution in [2.75, 3.05) is 0 Å². The maximum absolute atomic E-state index is 8.02. The lowest BCUT2D eigenvalue weighted by atomic mass is 10.6. The first kappa shape index (κ1) is 3.88. The van der Waals surface area contributed by atoms with Crippen LogP contribution in [-0.4, -0.2) is 4.98 Å². The van der Waals surface area contributed by atoms with E-state index in [1.807, 2.05) is 0 Å². The van der Waals surface area contributed by atoms with Crippen molar-refractivity contribution in [2.24, 2.45) is 0 Å². The van der Waals surface area contributed by atoms with E-state index in [1.165, 1.54) is 0 Å². The number of aromatic nitrogens is 1. The topological polar surface area (TPSA) is 43.9 Å². The number of nitrogens with zero attached hydrogens (tertiary/aromatic N) is 2. The average molecular weight is 94.1 g/mol. The summed E-state index contributed by atoms with van der Waals surface area (Å²) in [6.45, 7) is 0. The van der Waals surface area contributed by atoms with Gasteiger partial charge in [0.25, 0.3) is 0 Å². The van der Waals surface area contributed by atoms with Gasteiger partial charge in [0.1, 0.15) is 0 Å². The Morgan fingerprint density at radius 2 is 2.57 bits per heavy atom. The zero-order valence-corrected chi connectivity index (χ0v) is 3.63. The highest BCUT2D eigenvalue weighted by atomic mass is 15.0. The fourth-order valence-corrected chi connectivity index (χ4v) is 0.383. The number of hydrogen-bond donors (Lipinski definition) is 1. The number of rotatable bonds is 0. The van der Waals surface area contributed by atoms with Crippen LogP contribution in [0, 0.1) is 5.39 Å². The summed E-state index contributed by atoms with van der Waals surface area (Å²) < 4.78 is 0. The van der Waals surface area contributed by atoms with Crippen molar-refractivity contribution in [1.29, 1.82) is 5.39 Å². The van der Waals surface area contributed by atoms with Crippen LogP contribution in [0.4, 0.5) is 5.82 Å². The predicted octanol–water partition coefficient (Wildman–Crippen LogP) is 1.50. The number of diazo groups is 1. The molecule has 34 valence electrons. The third kappa shape index (κ3) is 0.578. The summed E-state index contributed by atoms with van der Waals surface area (Å²) in [7, 11) is 0. The average Bonchev–Trinajstić information content (AvgIpc) is 2.14. The first-order valence-electron chi connectivity index (χ1n) is 1.92. The molecule has 0 amide bonds. The minimum atomic E-state index is 0.486. The van der Waals surface area contributed by atoms with Gasteiger partial charge in [-0.25, -0.2) is 4.98 Å². The molecule has 0 spiro atoms. The van der Waals surface area contributed by atoms with Gasteiger partial charge in [0.05, 0.1) is 17.7 Å². The van der Waals surface area contributed by atoms with Gasteiger partial charge in [0.2, 0.25) is 0 Å². The van der Waals surface area contributed by atoms with Gasteiger partial charge >= 0.3 is 5.82 Å².